The Balaban J connectivity index is 2.37. The van der Waals surface area contributed by atoms with Gasteiger partial charge in [-0.3, -0.25) is 0 Å². The molecule has 0 aliphatic carbocycles. The van der Waals surface area contributed by atoms with Crippen LogP contribution in [0.4, 0.5) is 0 Å². The number of benzene rings is 1. The van der Waals surface area contributed by atoms with Crippen molar-refractivity contribution in [2.45, 2.75) is 32.8 Å². The van der Waals surface area contributed by atoms with E-state index in [2.05, 4.69) is 0 Å². The molecule has 0 aliphatic heterocycles. The van der Waals surface area contributed by atoms with Crippen LogP contribution in [-0.2, 0) is 13.6 Å². The van der Waals surface area contributed by atoms with Crippen LogP contribution in [0.3, 0.4) is 0 Å². The Kier molecular flexibility index (Phi) is 9.13. The topological polar surface area (TPSA) is 65.0 Å². The fraction of sp³-hybridized carbons (Fsp3) is 0.600. The van der Waals surface area contributed by atoms with Gasteiger partial charge >= 0.3 is 6.80 Å². The molecule has 0 amide bonds. The minimum absolute atomic E-state index is 0.360. The highest BCUT2D eigenvalue weighted by atomic mass is 32.7. The average Bonchev–Trinajstić information content (AvgIpc) is 2.52. The molecule has 5 nitrogen and oxygen atoms in total. The van der Waals surface area contributed by atoms with Gasteiger partial charge in [-0.2, -0.15) is 0 Å². The van der Waals surface area contributed by atoms with Crippen molar-refractivity contribution in [3.05, 3.63) is 29.8 Å². The summed E-state index contributed by atoms with van der Waals surface area (Å²) in [7, 11) is 1.61. The summed E-state index contributed by atoms with van der Waals surface area (Å²) in [5.41, 5.74) is 0.851. The minimum atomic E-state index is -3.04. The van der Waals surface area contributed by atoms with Gasteiger partial charge in [0.15, 0.2) is 0 Å². The molecule has 0 saturated heterocycles. The molecule has 1 aromatic rings. The van der Waals surface area contributed by atoms with E-state index in [1.807, 2.05) is 24.3 Å². The SMILES string of the molecule is CCOP(=O)(OCC)SCCC[C@@H](O)c1ccc(OC)cc1. The van der Waals surface area contributed by atoms with Crippen LogP contribution in [0.25, 0.3) is 0 Å². The van der Waals surface area contributed by atoms with E-state index in [4.69, 9.17) is 13.8 Å². The maximum absolute atomic E-state index is 12.2. The molecule has 1 atom stereocenters. The third-order valence-corrected chi connectivity index (χ3v) is 7.01. The zero-order valence-corrected chi connectivity index (χ0v) is 15.1. The molecule has 1 N–H and O–H groups in total. The molecule has 0 fully saturated rings. The predicted octanol–water partition coefficient (Wildman–Crippen LogP) is 4.42. The summed E-state index contributed by atoms with van der Waals surface area (Å²) < 4.78 is 27.7. The standard InChI is InChI=1S/C15H25O5PS/c1-4-19-21(17,20-5-2)22-12-6-7-15(16)13-8-10-14(18-3)11-9-13/h8-11,15-16H,4-7,12H2,1-3H3/t15-/m1/s1. The van der Waals surface area contributed by atoms with Gasteiger partial charge in [-0.15, -0.1) is 0 Å². The van der Waals surface area contributed by atoms with E-state index in [9.17, 15) is 9.67 Å². The zero-order chi connectivity index (χ0) is 16.4. The smallest absolute Gasteiger partial charge is 0.389 e. The van der Waals surface area contributed by atoms with Crippen LogP contribution in [-0.4, -0.2) is 31.2 Å². The van der Waals surface area contributed by atoms with Gasteiger partial charge in [-0.05, 0) is 55.8 Å². The third kappa shape index (κ3) is 6.71. The van der Waals surface area contributed by atoms with Crippen molar-refractivity contribution < 1.29 is 23.5 Å². The highest BCUT2D eigenvalue weighted by Crippen LogP contribution is 2.60. The summed E-state index contributed by atoms with van der Waals surface area (Å²) in [5.74, 6) is 1.38. The number of ether oxygens (including phenoxy) is 1. The van der Waals surface area contributed by atoms with Gasteiger partial charge in [0.1, 0.15) is 5.75 Å². The van der Waals surface area contributed by atoms with Crippen LogP contribution >= 0.6 is 18.2 Å². The summed E-state index contributed by atoms with van der Waals surface area (Å²) in [6.07, 6.45) is 0.782. The average molecular weight is 348 g/mol. The van der Waals surface area contributed by atoms with Gasteiger partial charge in [-0.1, -0.05) is 12.1 Å². The van der Waals surface area contributed by atoms with Crippen molar-refractivity contribution in [2.75, 3.05) is 26.1 Å². The Morgan fingerprint density at radius 3 is 2.27 bits per heavy atom. The second-order valence-electron chi connectivity index (χ2n) is 4.55. The molecular formula is C15H25O5PS. The second-order valence-corrected chi connectivity index (χ2v) is 8.74. The fourth-order valence-corrected chi connectivity index (χ4v) is 5.39. The van der Waals surface area contributed by atoms with Crippen LogP contribution < -0.4 is 4.74 Å². The molecule has 126 valence electrons. The van der Waals surface area contributed by atoms with Crippen molar-refractivity contribution in [3.8, 4) is 5.75 Å². The minimum Gasteiger partial charge on any atom is -0.497 e. The first-order valence-electron chi connectivity index (χ1n) is 7.40. The van der Waals surface area contributed by atoms with Crippen molar-refractivity contribution in [2.24, 2.45) is 0 Å². The van der Waals surface area contributed by atoms with Crippen LogP contribution in [0, 0.1) is 0 Å². The Hall–Kier alpha value is -0.520. The summed E-state index contributed by atoms with van der Waals surface area (Å²) in [6, 6.07) is 7.35. The molecule has 0 radical (unpaired) electrons. The molecular weight excluding hydrogens is 323 g/mol. The number of aliphatic hydroxyl groups excluding tert-OH is 1. The number of methoxy groups -OCH3 is 1. The van der Waals surface area contributed by atoms with E-state index < -0.39 is 12.9 Å². The Morgan fingerprint density at radius 1 is 1.18 bits per heavy atom. The number of hydrogen-bond acceptors (Lipinski definition) is 6. The van der Waals surface area contributed by atoms with Crippen LogP contribution in [0.1, 0.15) is 38.4 Å². The van der Waals surface area contributed by atoms with Crippen molar-refractivity contribution in [3.63, 3.8) is 0 Å². The highest BCUT2D eigenvalue weighted by molar-refractivity contribution is 8.55. The molecule has 1 rings (SSSR count). The quantitative estimate of drug-likeness (QED) is 0.472. The Bertz CT molecular complexity index is 456. The fourth-order valence-electron chi connectivity index (χ4n) is 1.87. The molecule has 1 aromatic carbocycles. The first-order chi connectivity index (χ1) is 10.5. The predicted molar refractivity (Wildman–Crippen MR) is 90.5 cm³/mol. The molecule has 0 heterocycles. The lowest BCUT2D eigenvalue weighted by Crippen LogP contribution is -1.99. The van der Waals surface area contributed by atoms with E-state index in [1.165, 1.54) is 11.4 Å². The van der Waals surface area contributed by atoms with Crippen LogP contribution in [0.15, 0.2) is 24.3 Å². The molecule has 22 heavy (non-hydrogen) atoms. The highest BCUT2D eigenvalue weighted by Gasteiger charge is 2.24. The van der Waals surface area contributed by atoms with Crippen molar-refractivity contribution in [1.82, 2.24) is 0 Å². The lowest BCUT2D eigenvalue weighted by atomic mass is 10.1. The number of aliphatic hydroxyl groups is 1. The van der Waals surface area contributed by atoms with Gasteiger partial charge in [0, 0.05) is 5.75 Å². The molecule has 0 saturated carbocycles. The zero-order valence-electron chi connectivity index (χ0n) is 13.4. The largest absolute Gasteiger partial charge is 0.497 e. The summed E-state index contributed by atoms with van der Waals surface area (Å²) in [5, 5.41) is 10.1. The third-order valence-electron chi connectivity index (χ3n) is 2.95. The summed E-state index contributed by atoms with van der Waals surface area (Å²) in [6.45, 7) is 1.26. The van der Waals surface area contributed by atoms with E-state index in [0.29, 0.717) is 25.4 Å². The molecule has 0 aromatic heterocycles. The molecule has 7 heteroatoms. The van der Waals surface area contributed by atoms with Gasteiger partial charge in [0.25, 0.3) is 0 Å². The Labute approximate surface area is 136 Å². The lowest BCUT2D eigenvalue weighted by Gasteiger charge is -2.16. The van der Waals surface area contributed by atoms with E-state index in [0.717, 1.165) is 17.7 Å². The summed E-state index contributed by atoms with van der Waals surface area (Å²) in [4.78, 5) is 0. The Morgan fingerprint density at radius 2 is 1.77 bits per heavy atom. The number of rotatable bonds is 11. The lowest BCUT2D eigenvalue weighted by molar-refractivity contribution is 0.167. The van der Waals surface area contributed by atoms with Gasteiger partial charge < -0.3 is 18.9 Å². The van der Waals surface area contributed by atoms with Gasteiger partial charge in [0.05, 0.1) is 26.4 Å². The molecule has 0 bridgehead atoms. The maximum Gasteiger partial charge on any atom is 0.389 e. The first kappa shape index (κ1) is 19.5. The summed E-state index contributed by atoms with van der Waals surface area (Å²) >= 11 is 1.20. The molecule has 0 aliphatic rings. The first-order valence-corrected chi connectivity index (χ1v) is 10.5. The maximum atomic E-state index is 12.2. The number of hydrogen-bond donors (Lipinski definition) is 1. The van der Waals surface area contributed by atoms with Gasteiger partial charge in [-0.25, -0.2) is 4.57 Å². The monoisotopic (exact) mass is 348 g/mol. The molecule has 0 unspecified atom stereocenters. The van der Waals surface area contributed by atoms with E-state index in [1.54, 1.807) is 21.0 Å². The second kappa shape index (κ2) is 10.3. The van der Waals surface area contributed by atoms with Crippen molar-refractivity contribution in [1.29, 1.82) is 0 Å². The van der Waals surface area contributed by atoms with Crippen LogP contribution in [0.5, 0.6) is 5.75 Å². The van der Waals surface area contributed by atoms with E-state index >= 15 is 0 Å². The van der Waals surface area contributed by atoms with Crippen molar-refractivity contribution >= 4 is 18.2 Å². The van der Waals surface area contributed by atoms with Crippen LogP contribution in [0.2, 0.25) is 0 Å². The van der Waals surface area contributed by atoms with Gasteiger partial charge in [0.2, 0.25) is 0 Å². The van der Waals surface area contributed by atoms with E-state index in [-0.39, 0.29) is 0 Å². The normalized spacial score (nSPS) is 13.1. The molecule has 0 spiro atoms.